The summed E-state index contributed by atoms with van der Waals surface area (Å²) in [7, 11) is 0. The molecule has 1 heterocycles. The summed E-state index contributed by atoms with van der Waals surface area (Å²) in [5.74, 6) is -0.161. The molecule has 0 aliphatic rings. The molecule has 1 amide bonds. The number of nitrogens with two attached hydrogens (primary N) is 1. The van der Waals surface area contributed by atoms with Crippen LogP contribution in [0, 0.1) is 13.8 Å². The SMILES string of the molecule is CCn1nc(C)cc1C(=O)Nc1ccc(N)c(C)c1. The lowest BCUT2D eigenvalue weighted by Gasteiger charge is -2.08. The number of rotatable bonds is 3. The van der Waals surface area contributed by atoms with E-state index < -0.39 is 0 Å². The standard InChI is InChI=1S/C14H18N4O/c1-4-18-13(8-10(3)17-18)14(19)16-11-5-6-12(15)9(2)7-11/h5-8H,4,15H2,1-3H3,(H,16,19). The number of hydrogen-bond donors (Lipinski definition) is 2. The molecule has 19 heavy (non-hydrogen) atoms. The van der Waals surface area contributed by atoms with Crippen molar-refractivity contribution in [3.05, 3.63) is 41.2 Å². The van der Waals surface area contributed by atoms with Gasteiger partial charge in [-0.05, 0) is 50.6 Å². The number of nitrogens with zero attached hydrogens (tertiary/aromatic N) is 2. The Hall–Kier alpha value is -2.30. The van der Waals surface area contributed by atoms with E-state index in [2.05, 4.69) is 10.4 Å². The molecular formula is C14H18N4O. The van der Waals surface area contributed by atoms with E-state index in [1.165, 1.54) is 0 Å². The van der Waals surface area contributed by atoms with Gasteiger partial charge in [0.2, 0.25) is 0 Å². The van der Waals surface area contributed by atoms with Crippen LogP contribution in [0.25, 0.3) is 0 Å². The van der Waals surface area contributed by atoms with E-state index in [1.807, 2.05) is 26.8 Å². The summed E-state index contributed by atoms with van der Waals surface area (Å²) < 4.78 is 1.69. The highest BCUT2D eigenvalue weighted by Gasteiger charge is 2.13. The first-order valence-electron chi connectivity index (χ1n) is 6.23. The Morgan fingerprint density at radius 2 is 2.11 bits per heavy atom. The van der Waals surface area contributed by atoms with E-state index in [-0.39, 0.29) is 5.91 Å². The average Bonchev–Trinajstić information content (AvgIpc) is 2.75. The largest absolute Gasteiger partial charge is 0.399 e. The molecular weight excluding hydrogens is 240 g/mol. The minimum Gasteiger partial charge on any atom is -0.399 e. The summed E-state index contributed by atoms with van der Waals surface area (Å²) >= 11 is 0. The zero-order chi connectivity index (χ0) is 14.0. The molecule has 0 fully saturated rings. The third-order valence-corrected chi connectivity index (χ3v) is 2.96. The van der Waals surface area contributed by atoms with Crippen LogP contribution in [0.5, 0.6) is 0 Å². The first kappa shape index (κ1) is 13.1. The van der Waals surface area contributed by atoms with Gasteiger partial charge in [0.05, 0.1) is 5.69 Å². The van der Waals surface area contributed by atoms with Crippen molar-refractivity contribution in [3.63, 3.8) is 0 Å². The van der Waals surface area contributed by atoms with Gasteiger partial charge in [-0.2, -0.15) is 5.10 Å². The lowest BCUT2D eigenvalue weighted by molar-refractivity contribution is 0.101. The van der Waals surface area contributed by atoms with Crippen LogP contribution in [0.3, 0.4) is 0 Å². The van der Waals surface area contributed by atoms with Crippen molar-refractivity contribution in [1.29, 1.82) is 0 Å². The molecule has 1 aromatic heterocycles. The Labute approximate surface area is 112 Å². The molecule has 5 nitrogen and oxygen atoms in total. The van der Waals surface area contributed by atoms with Crippen molar-refractivity contribution in [2.75, 3.05) is 11.1 Å². The van der Waals surface area contributed by atoms with Crippen molar-refractivity contribution in [3.8, 4) is 0 Å². The molecule has 0 bridgehead atoms. The van der Waals surface area contributed by atoms with E-state index >= 15 is 0 Å². The van der Waals surface area contributed by atoms with Crippen LogP contribution in [-0.4, -0.2) is 15.7 Å². The average molecular weight is 258 g/mol. The van der Waals surface area contributed by atoms with Crippen LogP contribution in [-0.2, 0) is 6.54 Å². The summed E-state index contributed by atoms with van der Waals surface area (Å²) in [6, 6.07) is 7.21. The first-order valence-corrected chi connectivity index (χ1v) is 6.23. The molecule has 0 aliphatic carbocycles. The molecule has 3 N–H and O–H groups in total. The Bertz CT molecular complexity index is 616. The molecule has 0 aliphatic heterocycles. The Balaban J connectivity index is 2.22. The highest BCUT2D eigenvalue weighted by atomic mass is 16.2. The normalized spacial score (nSPS) is 10.5. The molecule has 0 spiro atoms. The Kier molecular flexibility index (Phi) is 3.55. The minimum atomic E-state index is -0.161. The molecule has 0 atom stereocenters. The number of nitrogen functional groups attached to an aromatic ring is 1. The first-order chi connectivity index (χ1) is 9.01. The summed E-state index contributed by atoms with van der Waals surface area (Å²) in [6.07, 6.45) is 0. The highest BCUT2D eigenvalue weighted by molar-refractivity contribution is 6.03. The lowest BCUT2D eigenvalue weighted by Crippen LogP contribution is -2.17. The monoisotopic (exact) mass is 258 g/mol. The fraction of sp³-hybridized carbons (Fsp3) is 0.286. The smallest absolute Gasteiger partial charge is 0.273 e. The van der Waals surface area contributed by atoms with Gasteiger partial charge < -0.3 is 11.1 Å². The number of aromatic nitrogens is 2. The zero-order valence-electron chi connectivity index (χ0n) is 11.4. The Morgan fingerprint density at radius 3 is 2.74 bits per heavy atom. The summed E-state index contributed by atoms with van der Waals surface area (Å²) in [5.41, 5.74) is 9.54. The number of nitrogens with one attached hydrogen (secondary N) is 1. The predicted octanol–water partition coefficient (Wildman–Crippen LogP) is 2.35. The van der Waals surface area contributed by atoms with Crippen LogP contribution in [0.1, 0.15) is 28.7 Å². The van der Waals surface area contributed by atoms with Crippen molar-refractivity contribution < 1.29 is 4.79 Å². The van der Waals surface area contributed by atoms with Crippen molar-refractivity contribution in [2.45, 2.75) is 27.3 Å². The van der Waals surface area contributed by atoms with Crippen LogP contribution in [0.2, 0.25) is 0 Å². The predicted molar refractivity (Wildman–Crippen MR) is 76.2 cm³/mol. The zero-order valence-corrected chi connectivity index (χ0v) is 11.4. The van der Waals surface area contributed by atoms with Crippen LogP contribution in [0.15, 0.2) is 24.3 Å². The van der Waals surface area contributed by atoms with E-state index in [1.54, 1.807) is 22.9 Å². The molecule has 0 saturated heterocycles. The minimum absolute atomic E-state index is 0.161. The van der Waals surface area contributed by atoms with Crippen LogP contribution >= 0.6 is 0 Å². The van der Waals surface area contributed by atoms with Gasteiger partial charge in [0.15, 0.2) is 0 Å². The third kappa shape index (κ3) is 2.76. The van der Waals surface area contributed by atoms with Gasteiger partial charge in [0.1, 0.15) is 5.69 Å². The van der Waals surface area contributed by atoms with Crippen molar-refractivity contribution in [1.82, 2.24) is 9.78 Å². The van der Waals surface area contributed by atoms with E-state index in [0.29, 0.717) is 17.9 Å². The second-order valence-corrected chi connectivity index (χ2v) is 4.51. The maximum Gasteiger partial charge on any atom is 0.273 e. The number of amides is 1. The molecule has 0 unspecified atom stereocenters. The fourth-order valence-corrected chi connectivity index (χ4v) is 1.92. The second kappa shape index (κ2) is 5.14. The molecule has 1 aromatic carbocycles. The molecule has 100 valence electrons. The van der Waals surface area contributed by atoms with Gasteiger partial charge in [-0.25, -0.2) is 0 Å². The number of aryl methyl sites for hydroxylation is 3. The van der Waals surface area contributed by atoms with E-state index in [9.17, 15) is 4.79 Å². The molecule has 0 radical (unpaired) electrons. The van der Waals surface area contributed by atoms with E-state index in [4.69, 9.17) is 5.73 Å². The van der Waals surface area contributed by atoms with Crippen LogP contribution < -0.4 is 11.1 Å². The maximum absolute atomic E-state index is 12.2. The lowest BCUT2D eigenvalue weighted by atomic mass is 10.2. The van der Waals surface area contributed by atoms with E-state index in [0.717, 1.165) is 16.9 Å². The number of carbonyl (C=O) groups excluding carboxylic acids is 1. The second-order valence-electron chi connectivity index (χ2n) is 4.51. The molecule has 5 heteroatoms. The quantitative estimate of drug-likeness (QED) is 0.830. The Morgan fingerprint density at radius 1 is 1.37 bits per heavy atom. The van der Waals surface area contributed by atoms with Gasteiger partial charge in [-0.1, -0.05) is 0 Å². The van der Waals surface area contributed by atoms with Crippen molar-refractivity contribution >= 4 is 17.3 Å². The fourth-order valence-electron chi connectivity index (χ4n) is 1.92. The number of benzene rings is 1. The third-order valence-electron chi connectivity index (χ3n) is 2.96. The number of anilines is 2. The van der Waals surface area contributed by atoms with Gasteiger partial charge in [0.25, 0.3) is 5.91 Å². The van der Waals surface area contributed by atoms with Gasteiger partial charge in [-0.3, -0.25) is 9.48 Å². The van der Waals surface area contributed by atoms with Gasteiger partial charge >= 0.3 is 0 Å². The summed E-state index contributed by atoms with van der Waals surface area (Å²) in [5, 5.41) is 7.12. The highest BCUT2D eigenvalue weighted by Crippen LogP contribution is 2.17. The molecule has 2 rings (SSSR count). The topological polar surface area (TPSA) is 72.9 Å². The van der Waals surface area contributed by atoms with Gasteiger partial charge in [0, 0.05) is 17.9 Å². The van der Waals surface area contributed by atoms with Crippen LogP contribution in [0.4, 0.5) is 11.4 Å². The van der Waals surface area contributed by atoms with Gasteiger partial charge in [-0.15, -0.1) is 0 Å². The summed E-state index contributed by atoms with van der Waals surface area (Å²) in [6.45, 7) is 6.40. The number of hydrogen-bond acceptors (Lipinski definition) is 3. The molecule has 2 aromatic rings. The maximum atomic E-state index is 12.2. The molecule has 0 saturated carbocycles. The van der Waals surface area contributed by atoms with Crippen molar-refractivity contribution in [2.24, 2.45) is 0 Å². The summed E-state index contributed by atoms with van der Waals surface area (Å²) in [4.78, 5) is 12.2. The number of carbonyl (C=O) groups is 1.